The van der Waals surface area contributed by atoms with Gasteiger partial charge in [-0.2, -0.15) is 0 Å². The van der Waals surface area contributed by atoms with Crippen LogP contribution in [0.3, 0.4) is 0 Å². The average Bonchev–Trinajstić information content (AvgIpc) is 2.88. The molecule has 1 aliphatic rings. The molecule has 0 aliphatic carbocycles. The average molecular weight is 294 g/mol. The molecule has 1 heterocycles. The van der Waals surface area contributed by atoms with Crippen molar-refractivity contribution in [1.82, 2.24) is 5.32 Å². The van der Waals surface area contributed by atoms with Crippen molar-refractivity contribution in [3.8, 4) is 5.75 Å². The monoisotopic (exact) mass is 294 g/mol. The van der Waals surface area contributed by atoms with Crippen LogP contribution in [0.1, 0.15) is 12.0 Å². The van der Waals surface area contributed by atoms with Crippen molar-refractivity contribution in [1.29, 1.82) is 0 Å². The van der Waals surface area contributed by atoms with Crippen molar-refractivity contribution in [2.45, 2.75) is 18.9 Å². The third-order valence-electron chi connectivity index (χ3n) is 3.44. The Bertz CT molecular complexity index is 552. The van der Waals surface area contributed by atoms with Crippen molar-refractivity contribution in [3.05, 3.63) is 23.8 Å². The van der Waals surface area contributed by atoms with E-state index in [1.54, 1.807) is 25.3 Å². The Kier molecular flexibility index (Phi) is 4.32. The molecule has 7 nitrogen and oxygen atoms in total. The molecule has 0 aromatic heterocycles. The fourth-order valence-corrected chi connectivity index (χ4v) is 2.22. The van der Waals surface area contributed by atoms with Crippen LogP contribution >= 0.6 is 0 Å². The molecular weight excluding hydrogens is 276 g/mol. The Balaban J connectivity index is 2.04. The number of hydrogen-bond acceptors (Lipinski definition) is 4. The first-order valence-corrected chi connectivity index (χ1v) is 6.52. The number of carbonyl (C=O) groups excluding carboxylic acids is 1. The van der Waals surface area contributed by atoms with E-state index in [-0.39, 0.29) is 13.0 Å². The number of methoxy groups -OCH3 is 1. The number of ether oxygens (including phenoxy) is 2. The summed E-state index contributed by atoms with van der Waals surface area (Å²) in [6, 6.07) is 4.59. The molecule has 21 heavy (non-hydrogen) atoms. The van der Waals surface area contributed by atoms with Gasteiger partial charge in [-0.15, -0.1) is 0 Å². The molecule has 1 unspecified atom stereocenters. The molecule has 1 saturated heterocycles. The largest absolute Gasteiger partial charge is 0.496 e. The van der Waals surface area contributed by atoms with Crippen molar-refractivity contribution >= 4 is 17.7 Å². The number of urea groups is 1. The summed E-state index contributed by atoms with van der Waals surface area (Å²) >= 11 is 0. The lowest BCUT2D eigenvalue weighted by atomic mass is 9.99. The molecule has 1 aromatic rings. The van der Waals surface area contributed by atoms with Crippen LogP contribution in [0.15, 0.2) is 18.2 Å². The van der Waals surface area contributed by atoms with Crippen LogP contribution in [0.25, 0.3) is 0 Å². The zero-order valence-corrected chi connectivity index (χ0v) is 11.9. The molecule has 1 aromatic carbocycles. The maximum Gasteiger partial charge on any atom is 0.332 e. The number of carboxylic acids is 1. The molecule has 2 amide bonds. The molecule has 2 rings (SSSR count). The predicted octanol–water partition coefficient (Wildman–Crippen LogP) is 1.37. The van der Waals surface area contributed by atoms with Gasteiger partial charge in [-0.05, 0) is 30.7 Å². The molecule has 0 saturated carbocycles. The molecule has 3 N–H and O–H groups in total. The summed E-state index contributed by atoms with van der Waals surface area (Å²) in [5, 5.41) is 14.4. The smallest absolute Gasteiger partial charge is 0.332 e. The molecule has 114 valence electrons. The van der Waals surface area contributed by atoms with E-state index in [0.717, 1.165) is 5.56 Å². The van der Waals surface area contributed by atoms with Crippen LogP contribution in [0.5, 0.6) is 5.75 Å². The number of carbonyl (C=O) groups is 2. The SMILES string of the molecule is COc1ccc(NC(=O)NC2(C(=O)O)CCOC2)cc1C. The van der Waals surface area contributed by atoms with E-state index in [4.69, 9.17) is 9.47 Å². The van der Waals surface area contributed by atoms with Crippen molar-refractivity contribution < 1.29 is 24.2 Å². The van der Waals surface area contributed by atoms with Gasteiger partial charge in [0.15, 0.2) is 5.54 Å². The fourth-order valence-electron chi connectivity index (χ4n) is 2.22. The molecule has 1 aliphatic heterocycles. The molecule has 0 bridgehead atoms. The lowest BCUT2D eigenvalue weighted by molar-refractivity contribution is -0.144. The second-order valence-corrected chi connectivity index (χ2v) is 4.95. The van der Waals surface area contributed by atoms with Crippen LogP contribution in [0.4, 0.5) is 10.5 Å². The zero-order valence-electron chi connectivity index (χ0n) is 11.9. The first-order valence-electron chi connectivity index (χ1n) is 6.52. The number of hydrogen-bond donors (Lipinski definition) is 3. The van der Waals surface area contributed by atoms with E-state index in [2.05, 4.69) is 10.6 Å². The molecule has 1 atom stereocenters. The third-order valence-corrected chi connectivity index (χ3v) is 3.44. The molecular formula is C14H18N2O5. The number of nitrogens with one attached hydrogen (secondary N) is 2. The Morgan fingerprint density at radius 2 is 2.19 bits per heavy atom. The first-order chi connectivity index (χ1) is 9.97. The van der Waals surface area contributed by atoms with E-state index >= 15 is 0 Å². The van der Waals surface area contributed by atoms with Crippen LogP contribution in [-0.2, 0) is 9.53 Å². The van der Waals surface area contributed by atoms with Gasteiger partial charge in [0.25, 0.3) is 0 Å². The van der Waals surface area contributed by atoms with Crippen LogP contribution < -0.4 is 15.4 Å². The maximum absolute atomic E-state index is 12.0. The van der Waals surface area contributed by atoms with Gasteiger partial charge < -0.3 is 25.2 Å². The minimum absolute atomic E-state index is 0.0304. The van der Waals surface area contributed by atoms with Crippen LogP contribution in [0.2, 0.25) is 0 Å². The molecule has 1 fully saturated rings. The van der Waals surface area contributed by atoms with Gasteiger partial charge in [-0.1, -0.05) is 0 Å². The highest BCUT2D eigenvalue weighted by Gasteiger charge is 2.44. The first kappa shape index (κ1) is 15.1. The van der Waals surface area contributed by atoms with Gasteiger partial charge >= 0.3 is 12.0 Å². The normalized spacial score (nSPS) is 20.9. The Labute approximate surface area is 122 Å². The summed E-state index contributed by atoms with van der Waals surface area (Å²) < 4.78 is 10.2. The third kappa shape index (κ3) is 3.25. The van der Waals surface area contributed by atoms with Crippen molar-refractivity contribution in [2.75, 3.05) is 25.6 Å². The summed E-state index contributed by atoms with van der Waals surface area (Å²) in [5.41, 5.74) is 0.0729. The minimum atomic E-state index is -1.36. The van der Waals surface area contributed by atoms with Gasteiger partial charge in [0.05, 0.1) is 13.7 Å². The summed E-state index contributed by atoms with van der Waals surface area (Å²) in [6.07, 6.45) is 0.247. The summed E-state index contributed by atoms with van der Waals surface area (Å²) in [7, 11) is 1.57. The van der Waals surface area contributed by atoms with E-state index in [1.807, 2.05) is 6.92 Å². The lowest BCUT2D eigenvalue weighted by Crippen LogP contribution is -2.56. The number of aryl methyl sites for hydroxylation is 1. The van der Waals surface area contributed by atoms with Gasteiger partial charge in [-0.25, -0.2) is 9.59 Å². The quantitative estimate of drug-likeness (QED) is 0.779. The molecule has 0 radical (unpaired) electrons. The van der Waals surface area contributed by atoms with E-state index in [0.29, 0.717) is 18.0 Å². The van der Waals surface area contributed by atoms with Gasteiger partial charge in [0.1, 0.15) is 5.75 Å². The van der Waals surface area contributed by atoms with E-state index in [9.17, 15) is 14.7 Å². The highest BCUT2D eigenvalue weighted by atomic mass is 16.5. The number of carboxylic acid groups (broad SMARTS) is 1. The van der Waals surface area contributed by atoms with Gasteiger partial charge in [-0.3, -0.25) is 0 Å². The summed E-state index contributed by atoms with van der Waals surface area (Å²) in [4.78, 5) is 23.3. The summed E-state index contributed by atoms with van der Waals surface area (Å²) in [5.74, 6) is -0.381. The molecule has 0 spiro atoms. The van der Waals surface area contributed by atoms with Crippen molar-refractivity contribution in [2.24, 2.45) is 0 Å². The van der Waals surface area contributed by atoms with Gasteiger partial charge in [0, 0.05) is 18.7 Å². The summed E-state index contributed by atoms with van der Waals surface area (Å²) in [6.45, 7) is 2.14. The highest BCUT2D eigenvalue weighted by Crippen LogP contribution is 2.22. The maximum atomic E-state index is 12.0. The Morgan fingerprint density at radius 1 is 1.43 bits per heavy atom. The van der Waals surface area contributed by atoms with E-state index < -0.39 is 17.5 Å². The van der Waals surface area contributed by atoms with Crippen LogP contribution in [0, 0.1) is 6.92 Å². The number of anilines is 1. The number of rotatable bonds is 4. The second-order valence-electron chi connectivity index (χ2n) is 4.95. The number of amides is 2. The zero-order chi connectivity index (χ0) is 15.5. The van der Waals surface area contributed by atoms with Crippen molar-refractivity contribution in [3.63, 3.8) is 0 Å². The highest BCUT2D eigenvalue weighted by molar-refractivity contribution is 5.94. The fraction of sp³-hybridized carbons (Fsp3) is 0.429. The molecule has 7 heteroatoms. The predicted molar refractivity (Wildman–Crippen MR) is 75.7 cm³/mol. The minimum Gasteiger partial charge on any atom is -0.496 e. The topological polar surface area (TPSA) is 96.9 Å². The number of aliphatic carboxylic acids is 1. The lowest BCUT2D eigenvalue weighted by Gasteiger charge is -2.23. The van der Waals surface area contributed by atoms with E-state index in [1.165, 1.54) is 0 Å². The Hall–Kier alpha value is -2.28. The Morgan fingerprint density at radius 3 is 2.71 bits per heavy atom. The standard InChI is InChI=1S/C14H18N2O5/c1-9-7-10(3-4-11(9)20-2)15-13(19)16-14(12(17)18)5-6-21-8-14/h3-4,7H,5-6,8H2,1-2H3,(H,17,18)(H2,15,16,19). The second kappa shape index (κ2) is 6.01. The van der Waals surface area contributed by atoms with Crippen LogP contribution in [-0.4, -0.2) is 43.0 Å². The number of benzene rings is 1. The van der Waals surface area contributed by atoms with Gasteiger partial charge in [0.2, 0.25) is 0 Å².